The highest BCUT2D eigenvalue weighted by Gasteiger charge is 2.38. The Hall–Kier alpha value is -3.81. The Labute approximate surface area is 163 Å². The Bertz CT molecular complexity index is 1120. The van der Waals surface area contributed by atoms with E-state index < -0.39 is 17.8 Å². The van der Waals surface area contributed by atoms with Crippen molar-refractivity contribution in [3.05, 3.63) is 90.4 Å². The van der Waals surface area contributed by atoms with E-state index in [2.05, 4.69) is 10.4 Å². The van der Waals surface area contributed by atoms with E-state index in [4.69, 9.17) is 0 Å². The number of halogens is 3. The van der Waals surface area contributed by atoms with Gasteiger partial charge in [-0.25, -0.2) is 0 Å². The van der Waals surface area contributed by atoms with E-state index in [1.807, 2.05) is 34.2 Å². The molecule has 0 unspecified atom stereocenters. The minimum Gasteiger partial charge on any atom is -0.324 e. The Balaban J connectivity index is 1.64. The number of alkyl halides is 3. The number of H-pyrrole nitrogens is 1. The zero-order chi connectivity index (χ0) is 20.4. The quantitative estimate of drug-likeness (QED) is 0.502. The summed E-state index contributed by atoms with van der Waals surface area (Å²) in [5.74, 6) is -0.732. The van der Waals surface area contributed by atoms with Crippen molar-refractivity contribution in [2.45, 2.75) is 6.18 Å². The standard InChI is InChI=1S/C21H15F3N4O/c22-21(23,24)18-17(14-6-2-1-3-7-14)19(27-26-18)25-20(29)15-8-10-16(11-9-15)28-12-4-5-13-28/h1-13H,(H2,25,26,27,29). The van der Waals surface area contributed by atoms with Crippen LogP contribution in [0.4, 0.5) is 19.0 Å². The first-order chi connectivity index (χ1) is 13.9. The predicted molar refractivity (Wildman–Crippen MR) is 103 cm³/mol. The van der Waals surface area contributed by atoms with Crippen LogP contribution in [0.3, 0.4) is 0 Å². The molecule has 0 aliphatic heterocycles. The number of carbonyl (C=O) groups excluding carboxylic acids is 1. The molecule has 0 spiro atoms. The maximum atomic E-state index is 13.4. The van der Waals surface area contributed by atoms with Gasteiger partial charge in [0.2, 0.25) is 0 Å². The van der Waals surface area contributed by atoms with Crippen molar-refractivity contribution < 1.29 is 18.0 Å². The molecule has 2 heterocycles. The molecule has 0 saturated heterocycles. The minimum absolute atomic E-state index is 0.178. The summed E-state index contributed by atoms with van der Waals surface area (Å²) < 4.78 is 42.1. The number of aromatic nitrogens is 3. The third-order valence-corrected chi connectivity index (χ3v) is 4.38. The van der Waals surface area contributed by atoms with Gasteiger partial charge in [-0.3, -0.25) is 9.89 Å². The lowest BCUT2D eigenvalue weighted by molar-refractivity contribution is -0.140. The van der Waals surface area contributed by atoms with Gasteiger partial charge in [-0.1, -0.05) is 30.3 Å². The van der Waals surface area contributed by atoms with E-state index in [1.165, 1.54) is 12.1 Å². The highest BCUT2D eigenvalue weighted by molar-refractivity contribution is 6.05. The molecule has 0 saturated carbocycles. The fourth-order valence-corrected chi connectivity index (χ4v) is 2.99. The first-order valence-corrected chi connectivity index (χ1v) is 8.69. The summed E-state index contributed by atoms with van der Waals surface area (Å²) in [5.41, 5.74) is 0.247. The lowest BCUT2D eigenvalue weighted by atomic mass is 10.0. The summed E-state index contributed by atoms with van der Waals surface area (Å²) in [4.78, 5) is 12.6. The smallest absolute Gasteiger partial charge is 0.324 e. The van der Waals surface area contributed by atoms with E-state index in [0.29, 0.717) is 11.1 Å². The SMILES string of the molecule is O=C(Nc1n[nH]c(C(F)(F)F)c1-c1ccccc1)c1ccc(-n2cccc2)cc1. The average molecular weight is 396 g/mol. The van der Waals surface area contributed by atoms with Crippen LogP contribution in [0.15, 0.2) is 79.1 Å². The summed E-state index contributed by atoms with van der Waals surface area (Å²) in [7, 11) is 0. The largest absolute Gasteiger partial charge is 0.433 e. The first-order valence-electron chi connectivity index (χ1n) is 8.69. The first kappa shape index (κ1) is 18.5. The van der Waals surface area contributed by atoms with Crippen LogP contribution in [0, 0.1) is 0 Å². The molecule has 0 aliphatic carbocycles. The Morgan fingerprint density at radius 1 is 0.931 bits per heavy atom. The van der Waals surface area contributed by atoms with Crippen LogP contribution in [-0.4, -0.2) is 20.7 Å². The summed E-state index contributed by atoms with van der Waals surface area (Å²) in [6, 6.07) is 18.4. The van der Waals surface area contributed by atoms with Gasteiger partial charge < -0.3 is 9.88 Å². The summed E-state index contributed by atoms with van der Waals surface area (Å²) in [6.07, 6.45) is -0.910. The number of rotatable bonds is 4. The van der Waals surface area contributed by atoms with Gasteiger partial charge in [0.05, 0.1) is 5.56 Å². The van der Waals surface area contributed by atoms with Crippen molar-refractivity contribution in [2.75, 3.05) is 5.32 Å². The number of anilines is 1. The molecule has 2 aromatic heterocycles. The average Bonchev–Trinajstić information content (AvgIpc) is 3.39. The van der Waals surface area contributed by atoms with E-state index in [1.54, 1.807) is 42.5 Å². The highest BCUT2D eigenvalue weighted by Crippen LogP contribution is 2.39. The maximum absolute atomic E-state index is 13.4. The Morgan fingerprint density at radius 2 is 1.59 bits per heavy atom. The van der Waals surface area contributed by atoms with Crippen molar-refractivity contribution in [1.82, 2.24) is 14.8 Å². The van der Waals surface area contributed by atoms with E-state index in [9.17, 15) is 18.0 Å². The van der Waals surface area contributed by atoms with Crippen LogP contribution in [-0.2, 0) is 6.18 Å². The Kier molecular flexibility index (Phi) is 4.67. The molecule has 0 aliphatic rings. The van der Waals surface area contributed by atoms with Crippen LogP contribution in [0.1, 0.15) is 16.1 Å². The predicted octanol–water partition coefficient (Wildman–Crippen LogP) is 5.14. The van der Waals surface area contributed by atoms with Gasteiger partial charge in [-0.15, -0.1) is 0 Å². The second kappa shape index (κ2) is 7.31. The second-order valence-electron chi connectivity index (χ2n) is 6.28. The lowest BCUT2D eigenvalue weighted by Crippen LogP contribution is -2.13. The molecule has 8 heteroatoms. The van der Waals surface area contributed by atoms with Gasteiger partial charge in [0.15, 0.2) is 5.82 Å². The third kappa shape index (κ3) is 3.77. The molecule has 1 amide bonds. The summed E-state index contributed by atoms with van der Waals surface area (Å²) >= 11 is 0. The molecule has 0 radical (unpaired) electrons. The summed E-state index contributed by atoms with van der Waals surface area (Å²) in [5, 5.41) is 8.19. The van der Waals surface area contributed by atoms with Crippen molar-refractivity contribution in [3.8, 4) is 16.8 Å². The second-order valence-corrected chi connectivity index (χ2v) is 6.28. The van der Waals surface area contributed by atoms with Crippen LogP contribution < -0.4 is 5.32 Å². The van der Waals surface area contributed by atoms with Crippen LogP contribution in [0.2, 0.25) is 0 Å². The van der Waals surface area contributed by atoms with E-state index in [-0.39, 0.29) is 11.4 Å². The van der Waals surface area contributed by atoms with Crippen LogP contribution in [0.5, 0.6) is 0 Å². The molecule has 4 rings (SSSR count). The number of nitrogens with one attached hydrogen (secondary N) is 2. The molecular formula is C21H15F3N4O. The molecule has 5 nitrogen and oxygen atoms in total. The number of hydrogen-bond donors (Lipinski definition) is 2. The van der Waals surface area contributed by atoms with E-state index >= 15 is 0 Å². The number of amides is 1. The van der Waals surface area contributed by atoms with Gasteiger partial charge in [0, 0.05) is 23.6 Å². The molecule has 4 aromatic rings. The number of carbonyl (C=O) groups is 1. The lowest BCUT2D eigenvalue weighted by Gasteiger charge is -2.10. The van der Waals surface area contributed by atoms with Gasteiger partial charge in [-0.2, -0.15) is 18.3 Å². The molecule has 29 heavy (non-hydrogen) atoms. The van der Waals surface area contributed by atoms with Crippen LogP contribution in [0.25, 0.3) is 16.8 Å². The Morgan fingerprint density at radius 3 is 2.21 bits per heavy atom. The van der Waals surface area contributed by atoms with Crippen molar-refractivity contribution in [2.24, 2.45) is 0 Å². The molecule has 2 N–H and O–H groups in total. The minimum atomic E-state index is -4.64. The number of hydrogen-bond acceptors (Lipinski definition) is 2. The van der Waals surface area contributed by atoms with Crippen LogP contribution >= 0.6 is 0 Å². The highest BCUT2D eigenvalue weighted by atomic mass is 19.4. The van der Waals surface area contributed by atoms with Gasteiger partial charge in [0.1, 0.15) is 5.69 Å². The van der Waals surface area contributed by atoms with Crippen molar-refractivity contribution >= 4 is 11.7 Å². The van der Waals surface area contributed by atoms with Gasteiger partial charge in [0.25, 0.3) is 5.91 Å². The number of benzene rings is 2. The normalized spacial score (nSPS) is 11.4. The molecule has 0 bridgehead atoms. The zero-order valence-corrected chi connectivity index (χ0v) is 14.9. The maximum Gasteiger partial charge on any atom is 0.433 e. The molecule has 2 aromatic carbocycles. The molecular weight excluding hydrogens is 381 g/mol. The fraction of sp³-hybridized carbons (Fsp3) is 0.0476. The fourth-order valence-electron chi connectivity index (χ4n) is 2.99. The molecule has 0 fully saturated rings. The molecule has 146 valence electrons. The van der Waals surface area contributed by atoms with Gasteiger partial charge in [-0.05, 0) is 42.0 Å². The monoisotopic (exact) mass is 396 g/mol. The zero-order valence-electron chi connectivity index (χ0n) is 14.9. The summed E-state index contributed by atoms with van der Waals surface area (Å²) in [6.45, 7) is 0. The van der Waals surface area contributed by atoms with Gasteiger partial charge >= 0.3 is 6.18 Å². The van der Waals surface area contributed by atoms with Crippen molar-refractivity contribution in [1.29, 1.82) is 0 Å². The molecule has 0 atom stereocenters. The third-order valence-electron chi connectivity index (χ3n) is 4.38. The topological polar surface area (TPSA) is 62.7 Å². The van der Waals surface area contributed by atoms with Crippen molar-refractivity contribution in [3.63, 3.8) is 0 Å². The van der Waals surface area contributed by atoms with E-state index in [0.717, 1.165) is 5.69 Å². The number of aromatic amines is 1. The number of nitrogens with zero attached hydrogens (tertiary/aromatic N) is 2.